The van der Waals surface area contributed by atoms with Crippen molar-refractivity contribution in [2.75, 3.05) is 25.4 Å². The molecule has 2 fully saturated rings. The third-order valence-electron chi connectivity index (χ3n) is 5.23. The lowest BCUT2D eigenvalue weighted by molar-refractivity contribution is 0.00306. The van der Waals surface area contributed by atoms with E-state index >= 15 is 0 Å². The largest absolute Gasteiger partial charge is 0.441 e. The van der Waals surface area contributed by atoms with Gasteiger partial charge in [0, 0.05) is 43.7 Å². The molecule has 1 aromatic heterocycles. The fraction of sp³-hybridized carbons (Fsp3) is 0.611. The van der Waals surface area contributed by atoms with E-state index in [1.54, 1.807) is 23.2 Å². The Morgan fingerprint density at radius 1 is 1.44 bits per heavy atom. The number of carbonyl (C=O) groups excluding carboxylic acids is 2. The molecule has 1 atom stereocenters. The van der Waals surface area contributed by atoms with Crippen LogP contribution in [-0.2, 0) is 4.74 Å². The van der Waals surface area contributed by atoms with Crippen LogP contribution >= 0.6 is 0 Å². The molecule has 1 aromatic rings. The van der Waals surface area contributed by atoms with E-state index in [0.717, 1.165) is 12.8 Å². The van der Waals surface area contributed by atoms with Crippen molar-refractivity contribution in [3.05, 3.63) is 23.9 Å². The highest BCUT2D eigenvalue weighted by atomic mass is 16.6. The first kappa shape index (κ1) is 17.5. The fourth-order valence-corrected chi connectivity index (χ4v) is 3.70. The molecule has 2 aliphatic rings. The average molecular weight is 346 g/mol. The minimum atomic E-state index is -0.451. The van der Waals surface area contributed by atoms with E-state index in [9.17, 15) is 9.59 Å². The lowest BCUT2D eigenvalue weighted by Crippen LogP contribution is -2.49. The van der Waals surface area contributed by atoms with Crippen molar-refractivity contribution < 1.29 is 14.3 Å². The third kappa shape index (κ3) is 3.55. The molecule has 2 aliphatic heterocycles. The Morgan fingerprint density at radius 3 is 2.80 bits per heavy atom. The standard InChI is InChI=1S/C18H26N4O3/c1-3-4-13(2)22-12-18(25-17(22)24)6-9-21(10-7-18)16(23)14-5-8-20-15(19)11-14/h5,8,11,13H,3-4,6-7,9-10,12H2,1-2H3,(H2,19,20). The molecule has 2 saturated heterocycles. The van der Waals surface area contributed by atoms with Crippen molar-refractivity contribution in [3.8, 4) is 0 Å². The van der Waals surface area contributed by atoms with Crippen molar-refractivity contribution in [2.45, 2.75) is 51.2 Å². The number of nitrogens with zero attached hydrogens (tertiary/aromatic N) is 3. The molecular weight excluding hydrogens is 320 g/mol. The van der Waals surface area contributed by atoms with Crippen LogP contribution in [0, 0.1) is 0 Å². The lowest BCUT2D eigenvalue weighted by Gasteiger charge is -2.37. The smallest absolute Gasteiger partial charge is 0.410 e. The molecule has 136 valence electrons. The van der Waals surface area contributed by atoms with Crippen LogP contribution in [0.5, 0.6) is 0 Å². The first-order valence-corrected chi connectivity index (χ1v) is 8.94. The van der Waals surface area contributed by atoms with E-state index in [4.69, 9.17) is 10.5 Å². The van der Waals surface area contributed by atoms with Crippen molar-refractivity contribution in [3.63, 3.8) is 0 Å². The van der Waals surface area contributed by atoms with Gasteiger partial charge < -0.3 is 20.3 Å². The van der Waals surface area contributed by atoms with Crippen LogP contribution in [-0.4, -0.2) is 58.1 Å². The molecule has 0 bridgehead atoms. The highest BCUT2D eigenvalue weighted by Gasteiger charge is 2.48. The summed E-state index contributed by atoms with van der Waals surface area (Å²) < 4.78 is 5.74. The summed E-state index contributed by atoms with van der Waals surface area (Å²) in [6.45, 7) is 5.95. The number of nitrogen functional groups attached to an aromatic ring is 1. The Bertz CT molecular complexity index is 655. The summed E-state index contributed by atoms with van der Waals surface area (Å²) in [4.78, 5) is 32.4. The molecule has 1 spiro atoms. The molecule has 0 saturated carbocycles. The number of ether oxygens (including phenoxy) is 1. The van der Waals surface area contributed by atoms with Crippen LogP contribution in [0.2, 0.25) is 0 Å². The number of hydrogen-bond acceptors (Lipinski definition) is 5. The zero-order valence-corrected chi connectivity index (χ0v) is 14.9. The van der Waals surface area contributed by atoms with Crippen LogP contribution in [0.3, 0.4) is 0 Å². The summed E-state index contributed by atoms with van der Waals surface area (Å²) in [5.41, 5.74) is 5.75. The van der Waals surface area contributed by atoms with Crippen LogP contribution in [0.15, 0.2) is 18.3 Å². The molecule has 0 aromatic carbocycles. The third-order valence-corrected chi connectivity index (χ3v) is 5.23. The van der Waals surface area contributed by atoms with Gasteiger partial charge in [0.15, 0.2) is 0 Å². The van der Waals surface area contributed by atoms with Crippen molar-refractivity contribution in [2.24, 2.45) is 0 Å². The Labute approximate surface area is 148 Å². The summed E-state index contributed by atoms with van der Waals surface area (Å²) in [7, 11) is 0. The van der Waals surface area contributed by atoms with E-state index in [0.29, 0.717) is 43.9 Å². The number of amides is 2. The maximum atomic E-state index is 12.6. The summed E-state index contributed by atoms with van der Waals surface area (Å²) >= 11 is 0. The van der Waals surface area contributed by atoms with Crippen LogP contribution in [0.1, 0.15) is 49.9 Å². The molecule has 25 heavy (non-hydrogen) atoms. The predicted molar refractivity (Wildman–Crippen MR) is 94.1 cm³/mol. The predicted octanol–water partition coefficient (Wildman–Crippen LogP) is 2.28. The summed E-state index contributed by atoms with van der Waals surface area (Å²) in [6.07, 6.45) is 4.66. The zero-order valence-electron chi connectivity index (χ0n) is 14.9. The van der Waals surface area contributed by atoms with Gasteiger partial charge in [0.2, 0.25) is 0 Å². The number of piperidine rings is 1. The number of pyridine rings is 1. The van der Waals surface area contributed by atoms with Crippen LogP contribution in [0.4, 0.5) is 10.6 Å². The molecule has 3 rings (SSSR count). The molecule has 3 heterocycles. The number of rotatable bonds is 4. The monoisotopic (exact) mass is 346 g/mol. The zero-order chi connectivity index (χ0) is 18.0. The fourth-order valence-electron chi connectivity index (χ4n) is 3.70. The van der Waals surface area contributed by atoms with Crippen molar-refractivity contribution in [1.29, 1.82) is 0 Å². The topological polar surface area (TPSA) is 88.8 Å². The first-order valence-electron chi connectivity index (χ1n) is 8.94. The first-order chi connectivity index (χ1) is 11.9. The van der Waals surface area contributed by atoms with Gasteiger partial charge in [-0.05, 0) is 25.5 Å². The van der Waals surface area contributed by atoms with Gasteiger partial charge in [-0.2, -0.15) is 0 Å². The van der Waals surface area contributed by atoms with E-state index in [1.807, 2.05) is 4.90 Å². The van der Waals surface area contributed by atoms with Gasteiger partial charge in [-0.3, -0.25) is 4.79 Å². The average Bonchev–Trinajstić information content (AvgIpc) is 2.91. The van der Waals surface area contributed by atoms with Gasteiger partial charge in [0.1, 0.15) is 11.4 Å². The second kappa shape index (κ2) is 6.90. The Balaban J connectivity index is 1.62. The molecule has 2 N–H and O–H groups in total. The van der Waals surface area contributed by atoms with Crippen LogP contribution < -0.4 is 5.73 Å². The highest BCUT2D eigenvalue weighted by molar-refractivity contribution is 5.94. The Morgan fingerprint density at radius 2 is 2.16 bits per heavy atom. The minimum Gasteiger partial charge on any atom is -0.441 e. The van der Waals surface area contributed by atoms with Gasteiger partial charge in [-0.15, -0.1) is 0 Å². The molecule has 0 radical (unpaired) electrons. The minimum absolute atomic E-state index is 0.0514. The summed E-state index contributed by atoms with van der Waals surface area (Å²) in [5, 5.41) is 0. The number of carbonyl (C=O) groups is 2. The van der Waals surface area contributed by atoms with Gasteiger partial charge >= 0.3 is 6.09 Å². The number of anilines is 1. The number of hydrogen-bond donors (Lipinski definition) is 1. The van der Waals surface area contributed by atoms with Gasteiger partial charge in [0.05, 0.1) is 6.54 Å². The Kier molecular flexibility index (Phi) is 4.83. The molecule has 7 heteroatoms. The van der Waals surface area contributed by atoms with Crippen molar-refractivity contribution >= 4 is 17.8 Å². The normalized spacial score (nSPS) is 20.6. The molecule has 7 nitrogen and oxygen atoms in total. The number of aromatic nitrogens is 1. The van der Waals surface area contributed by atoms with Gasteiger partial charge in [-0.1, -0.05) is 13.3 Å². The number of likely N-dealkylation sites (tertiary alicyclic amines) is 1. The van der Waals surface area contributed by atoms with E-state index in [-0.39, 0.29) is 18.0 Å². The molecule has 1 unspecified atom stereocenters. The van der Waals surface area contributed by atoms with E-state index < -0.39 is 5.60 Å². The number of nitrogens with two attached hydrogens (primary N) is 1. The van der Waals surface area contributed by atoms with Gasteiger partial charge in [0.25, 0.3) is 5.91 Å². The second-order valence-electron chi connectivity index (χ2n) is 7.08. The SMILES string of the molecule is CCCC(C)N1CC2(CCN(C(=O)c3ccnc(N)c3)CC2)OC1=O. The summed E-state index contributed by atoms with van der Waals surface area (Å²) in [6, 6.07) is 3.46. The Hall–Kier alpha value is -2.31. The lowest BCUT2D eigenvalue weighted by atomic mass is 9.90. The summed E-state index contributed by atoms with van der Waals surface area (Å²) in [5.74, 6) is 0.286. The maximum absolute atomic E-state index is 12.6. The molecule has 2 amide bonds. The molecule has 0 aliphatic carbocycles. The van der Waals surface area contributed by atoms with Crippen LogP contribution in [0.25, 0.3) is 0 Å². The van der Waals surface area contributed by atoms with Gasteiger partial charge in [-0.25, -0.2) is 9.78 Å². The maximum Gasteiger partial charge on any atom is 0.410 e. The highest BCUT2D eigenvalue weighted by Crippen LogP contribution is 2.35. The molecular formula is C18H26N4O3. The van der Waals surface area contributed by atoms with E-state index in [1.165, 1.54) is 0 Å². The quantitative estimate of drug-likeness (QED) is 0.903. The van der Waals surface area contributed by atoms with E-state index in [2.05, 4.69) is 18.8 Å². The van der Waals surface area contributed by atoms with Crippen molar-refractivity contribution in [1.82, 2.24) is 14.8 Å². The second-order valence-corrected chi connectivity index (χ2v) is 7.08.